The largest absolute Gasteiger partial charge is 0.444 e. The molecule has 0 unspecified atom stereocenters. The van der Waals surface area contributed by atoms with Gasteiger partial charge in [-0.1, -0.05) is 53.7 Å². The van der Waals surface area contributed by atoms with Crippen molar-refractivity contribution in [3.05, 3.63) is 87.6 Å². The van der Waals surface area contributed by atoms with Crippen molar-refractivity contribution >= 4 is 51.2 Å². The Labute approximate surface area is 271 Å². The number of aromatic nitrogens is 1. The zero-order valence-corrected chi connectivity index (χ0v) is 26.7. The number of benzene rings is 3. The van der Waals surface area contributed by atoms with E-state index in [9.17, 15) is 24.5 Å². The van der Waals surface area contributed by atoms with E-state index in [1.54, 1.807) is 31.4 Å². The molecule has 0 aliphatic heterocycles. The maximum absolute atomic E-state index is 14.1. The molecule has 0 radical (unpaired) electrons. The number of fused-ring (bicyclic) bond motifs is 2. The second kappa shape index (κ2) is 13.5. The number of carbonyl (C=O) groups excluding carboxylic acids is 3. The summed E-state index contributed by atoms with van der Waals surface area (Å²) in [6.45, 7) is 6.72. The van der Waals surface area contributed by atoms with Crippen LogP contribution in [0.5, 0.6) is 0 Å². The Hall–Kier alpha value is -5.46. The highest BCUT2D eigenvalue weighted by atomic mass is 16.7. The van der Waals surface area contributed by atoms with Gasteiger partial charge in [-0.25, -0.2) is 9.59 Å². The van der Waals surface area contributed by atoms with E-state index in [1.807, 2.05) is 42.5 Å². The molecule has 246 valence electrons. The van der Waals surface area contributed by atoms with Crippen molar-refractivity contribution in [2.45, 2.75) is 77.6 Å². The molecule has 1 fully saturated rings. The Balaban J connectivity index is 1.51. The van der Waals surface area contributed by atoms with Gasteiger partial charge in [0.25, 0.3) is 5.91 Å². The van der Waals surface area contributed by atoms with Crippen LogP contribution in [0.15, 0.2) is 65.8 Å². The van der Waals surface area contributed by atoms with Crippen molar-refractivity contribution < 1.29 is 28.9 Å². The molecule has 1 aliphatic carbocycles. The van der Waals surface area contributed by atoms with Gasteiger partial charge in [-0.2, -0.15) is 0 Å². The van der Waals surface area contributed by atoms with Crippen LogP contribution >= 0.6 is 0 Å². The molecule has 13 nitrogen and oxygen atoms in total. The highest BCUT2D eigenvalue weighted by molar-refractivity contribution is 6.09. The summed E-state index contributed by atoms with van der Waals surface area (Å²) in [6.07, 6.45) is 1.86. The number of carbonyl (C=O) groups is 3. The first-order valence-electron chi connectivity index (χ1n) is 15.4. The first kappa shape index (κ1) is 32.9. The minimum Gasteiger partial charge on any atom is -0.444 e. The van der Waals surface area contributed by atoms with E-state index in [4.69, 9.17) is 15.3 Å². The summed E-state index contributed by atoms with van der Waals surface area (Å²) in [5, 5.41) is 24.3. The summed E-state index contributed by atoms with van der Waals surface area (Å²) in [5.41, 5.74) is 6.63. The molecule has 4 aromatic rings. The fourth-order valence-electron chi connectivity index (χ4n) is 5.95. The van der Waals surface area contributed by atoms with Gasteiger partial charge >= 0.3 is 17.7 Å². The zero-order valence-electron chi connectivity index (χ0n) is 26.7. The van der Waals surface area contributed by atoms with Gasteiger partial charge in [0.2, 0.25) is 0 Å². The van der Waals surface area contributed by atoms with E-state index in [-0.39, 0.29) is 41.2 Å². The topological polar surface area (TPSA) is 180 Å². The Kier molecular flexibility index (Phi) is 9.45. The summed E-state index contributed by atoms with van der Waals surface area (Å²) in [7, 11) is 0. The maximum atomic E-state index is 14.1. The molecule has 1 aromatic heterocycles. The number of oxime groups is 1. The van der Waals surface area contributed by atoms with Crippen LogP contribution < -0.4 is 16.4 Å². The molecule has 3 aromatic carbocycles. The maximum Gasteiger partial charge on any atom is 0.407 e. The lowest BCUT2D eigenvalue weighted by molar-refractivity contribution is -0.383. The monoisotopic (exact) mass is 642 g/mol. The standard InChI is InChI=1S/C34H38N6O7/c1-20(41)47-38-31(35)22-12-17-27-28(18-22)39(19-23-10-7-9-21-8-5-6-11-26(21)23)30(29(27)40(44)45)32(42)36-24-13-15-25(16-14-24)37-33(43)46-34(2,3)4/h5-12,17-18,24-25H,13-16,19H2,1-4H3,(H2,35,38)(H,36,42)(H,37,43). The van der Waals surface area contributed by atoms with E-state index in [1.165, 1.54) is 19.1 Å². The van der Waals surface area contributed by atoms with Crippen LogP contribution in [0.2, 0.25) is 0 Å². The number of nitrogens with two attached hydrogens (primary N) is 1. The lowest BCUT2D eigenvalue weighted by Crippen LogP contribution is -2.45. The molecular formula is C34H38N6O7. The molecule has 1 saturated carbocycles. The molecule has 0 saturated heterocycles. The Morgan fingerprint density at radius 3 is 2.30 bits per heavy atom. The van der Waals surface area contributed by atoms with E-state index >= 15 is 0 Å². The smallest absolute Gasteiger partial charge is 0.407 e. The van der Waals surface area contributed by atoms with Crippen LogP contribution in [-0.2, 0) is 20.9 Å². The molecule has 1 heterocycles. The predicted octanol–water partition coefficient (Wildman–Crippen LogP) is 5.50. The van der Waals surface area contributed by atoms with Crippen LogP contribution in [0.4, 0.5) is 10.5 Å². The summed E-state index contributed by atoms with van der Waals surface area (Å²) >= 11 is 0. The van der Waals surface area contributed by atoms with Crippen LogP contribution in [0.25, 0.3) is 21.7 Å². The minimum absolute atomic E-state index is 0.0976. The van der Waals surface area contributed by atoms with Gasteiger partial charge in [0.15, 0.2) is 11.5 Å². The lowest BCUT2D eigenvalue weighted by Gasteiger charge is -2.30. The highest BCUT2D eigenvalue weighted by Gasteiger charge is 2.34. The number of hydrogen-bond acceptors (Lipinski definition) is 8. The number of alkyl carbamates (subject to hydrolysis) is 1. The first-order valence-corrected chi connectivity index (χ1v) is 15.4. The van der Waals surface area contributed by atoms with Crippen molar-refractivity contribution in [2.75, 3.05) is 0 Å². The summed E-state index contributed by atoms with van der Waals surface area (Å²) in [6, 6.07) is 17.8. The van der Waals surface area contributed by atoms with Gasteiger partial charge in [0.1, 0.15) is 5.60 Å². The van der Waals surface area contributed by atoms with Gasteiger partial charge in [-0.3, -0.25) is 14.9 Å². The van der Waals surface area contributed by atoms with Crippen molar-refractivity contribution in [1.29, 1.82) is 0 Å². The van der Waals surface area contributed by atoms with Gasteiger partial charge in [0, 0.05) is 31.1 Å². The number of amidine groups is 1. The fourth-order valence-corrected chi connectivity index (χ4v) is 5.95. The fraction of sp³-hybridized carbons (Fsp3) is 0.353. The molecule has 0 atom stereocenters. The Bertz CT molecular complexity index is 1880. The third-order valence-electron chi connectivity index (χ3n) is 8.00. The van der Waals surface area contributed by atoms with E-state index in [0.29, 0.717) is 36.8 Å². The van der Waals surface area contributed by atoms with Crippen molar-refractivity contribution in [1.82, 2.24) is 15.2 Å². The van der Waals surface area contributed by atoms with Gasteiger partial charge in [0.05, 0.1) is 15.8 Å². The molecule has 1 aliphatic rings. The molecule has 4 N–H and O–H groups in total. The lowest BCUT2D eigenvalue weighted by atomic mass is 9.91. The van der Waals surface area contributed by atoms with Crippen LogP contribution in [0, 0.1) is 10.1 Å². The van der Waals surface area contributed by atoms with Gasteiger partial charge in [-0.15, -0.1) is 0 Å². The predicted molar refractivity (Wildman–Crippen MR) is 177 cm³/mol. The third-order valence-corrected chi connectivity index (χ3v) is 8.00. The van der Waals surface area contributed by atoms with Crippen molar-refractivity contribution in [3.63, 3.8) is 0 Å². The molecule has 2 amide bonds. The number of rotatable bonds is 8. The van der Waals surface area contributed by atoms with Crippen LogP contribution in [0.3, 0.4) is 0 Å². The zero-order chi connectivity index (χ0) is 33.9. The average molecular weight is 643 g/mol. The number of ether oxygens (including phenoxy) is 1. The average Bonchev–Trinajstić information content (AvgIpc) is 3.33. The second-order valence-electron chi connectivity index (χ2n) is 12.6. The third kappa shape index (κ3) is 7.68. The number of nitrogens with one attached hydrogen (secondary N) is 2. The molecule has 5 rings (SSSR count). The summed E-state index contributed by atoms with van der Waals surface area (Å²) in [5.74, 6) is -1.34. The minimum atomic E-state index is -0.655. The quantitative estimate of drug-likeness (QED) is 0.0741. The van der Waals surface area contributed by atoms with E-state index in [0.717, 1.165) is 16.3 Å². The summed E-state index contributed by atoms with van der Waals surface area (Å²) < 4.78 is 6.99. The Morgan fingerprint density at radius 1 is 0.979 bits per heavy atom. The van der Waals surface area contributed by atoms with Crippen LogP contribution in [-0.4, -0.2) is 51.0 Å². The summed E-state index contributed by atoms with van der Waals surface area (Å²) in [4.78, 5) is 54.4. The molecule has 13 heteroatoms. The normalized spacial score (nSPS) is 16.9. The number of nitro groups is 1. The van der Waals surface area contributed by atoms with Crippen molar-refractivity contribution in [3.8, 4) is 0 Å². The first-order chi connectivity index (χ1) is 22.3. The van der Waals surface area contributed by atoms with Crippen LogP contribution in [0.1, 0.15) is 75.0 Å². The Morgan fingerprint density at radius 2 is 1.64 bits per heavy atom. The number of hydrogen-bond donors (Lipinski definition) is 3. The van der Waals surface area contributed by atoms with Crippen molar-refractivity contribution in [2.24, 2.45) is 10.9 Å². The number of amides is 2. The van der Waals surface area contributed by atoms with Gasteiger partial charge in [-0.05, 0) is 74.9 Å². The molecular weight excluding hydrogens is 604 g/mol. The van der Waals surface area contributed by atoms with E-state index in [2.05, 4.69) is 15.8 Å². The molecule has 47 heavy (non-hydrogen) atoms. The van der Waals surface area contributed by atoms with Gasteiger partial charge < -0.3 is 30.5 Å². The van der Waals surface area contributed by atoms with E-state index < -0.39 is 28.5 Å². The molecule has 0 bridgehead atoms. The highest BCUT2D eigenvalue weighted by Crippen LogP contribution is 2.35. The number of nitrogens with zero attached hydrogens (tertiary/aromatic N) is 3. The SMILES string of the molecule is CC(=O)ON=C(N)c1ccc2c([N+](=O)[O-])c(C(=O)NC3CCC(NC(=O)OC(C)(C)C)CC3)n(Cc3cccc4ccccc34)c2c1. The second-order valence-corrected chi connectivity index (χ2v) is 12.6. The molecule has 0 spiro atoms.